The Morgan fingerprint density at radius 2 is 2.03 bits per heavy atom. The van der Waals surface area contributed by atoms with Crippen molar-refractivity contribution in [1.82, 2.24) is 10.2 Å². The molecule has 8 nitrogen and oxygen atoms in total. The summed E-state index contributed by atoms with van der Waals surface area (Å²) in [5, 5.41) is 16.7. The van der Waals surface area contributed by atoms with E-state index in [1.165, 1.54) is 0 Å². The Morgan fingerprint density at radius 3 is 2.77 bits per heavy atom. The average Bonchev–Trinajstić information content (AvgIpc) is 2.72. The number of fused-ring (bicyclic) bond motifs is 1. The third-order valence-corrected chi connectivity index (χ3v) is 6.14. The van der Waals surface area contributed by atoms with Crippen LogP contribution >= 0.6 is 23.2 Å². The molecule has 4 atom stereocenters. The van der Waals surface area contributed by atoms with Crippen LogP contribution < -0.4 is 10.6 Å². The maximum atomic E-state index is 13.1. The molecule has 3 N–H and O–H groups in total. The highest BCUT2D eigenvalue weighted by Gasteiger charge is 2.40. The minimum Gasteiger partial charge on any atom is -0.389 e. The lowest BCUT2D eigenvalue weighted by atomic mass is 9.95. The Morgan fingerprint density at radius 1 is 1.23 bits per heavy atom. The summed E-state index contributed by atoms with van der Waals surface area (Å²) in [6, 6.07) is 4.20. The van der Waals surface area contributed by atoms with Crippen molar-refractivity contribution in [3.63, 3.8) is 0 Å². The fourth-order valence-electron chi connectivity index (χ4n) is 3.89. The SMILES string of the molecule is CCCNC(=O)C[C@H]1CC[C@@H]2[C@H](COC[C@@H](O)CN2C(=O)Nc2ccc(Cl)c(Cl)c2)O1. The molecule has 0 bridgehead atoms. The number of aliphatic hydroxyl groups excluding tert-OH is 1. The van der Waals surface area contributed by atoms with Crippen molar-refractivity contribution in [3.05, 3.63) is 28.2 Å². The number of hydrogen-bond donors (Lipinski definition) is 3. The van der Waals surface area contributed by atoms with E-state index in [0.717, 1.165) is 6.42 Å². The molecule has 2 heterocycles. The second-order valence-electron chi connectivity index (χ2n) is 7.90. The zero-order valence-electron chi connectivity index (χ0n) is 17.5. The van der Waals surface area contributed by atoms with E-state index in [1.807, 2.05) is 6.92 Å². The summed E-state index contributed by atoms with van der Waals surface area (Å²) < 4.78 is 11.7. The van der Waals surface area contributed by atoms with Crippen LogP contribution in [0.3, 0.4) is 0 Å². The van der Waals surface area contributed by atoms with Gasteiger partial charge in [-0.3, -0.25) is 4.79 Å². The first-order valence-corrected chi connectivity index (χ1v) is 11.3. The lowest BCUT2D eigenvalue weighted by molar-refractivity contribution is -0.149. The fraction of sp³-hybridized carbons (Fsp3) is 0.619. The van der Waals surface area contributed by atoms with Gasteiger partial charge < -0.3 is 30.1 Å². The van der Waals surface area contributed by atoms with Crippen molar-refractivity contribution in [2.24, 2.45) is 0 Å². The fourth-order valence-corrected chi connectivity index (χ4v) is 4.19. The first kappa shape index (κ1) is 24.1. The first-order valence-electron chi connectivity index (χ1n) is 10.6. The maximum absolute atomic E-state index is 13.1. The van der Waals surface area contributed by atoms with Gasteiger partial charge in [0.1, 0.15) is 6.10 Å². The van der Waals surface area contributed by atoms with Gasteiger partial charge in [0.15, 0.2) is 0 Å². The Kier molecular flexibility index (Phi) is 8.80. The molecule has 0 aliphatic carbocycles. The molecule has 0 aromatic heterocycles. The summed E-state index contributed by atoms with van der Waals surface area (Å²) in [5.74, 6) is -0.0401. The molecule has 2 aliphatic rings. The highest BCUT2D eigenvalue weighted by Crippen LogP contribution is 2.29. The van der Waals surface area contributed by atoms with E-state index in [2.05, 4.69) is 10.6 Å². The number of β-amino-alcohol motifs (C(OH)–C–C–N with tert-alkyl or cyclic N) is 1. The van der Waals surface area contributed by atoms with Crippen LogP contribution in [0.15, 0.2) is 18.2 Å². The van der Waals surface area contributed by atoms with Gasteiger partial charge in [0.05, 0.1) is 54.5 Å². The largest absolute Gasteiger partial charge is 0.389 e. The molecule has 2 fully saturated rings. The molecule has 0 unspecified atom stereocenters. The first-order chi connectivity index (χ1) is 14.9. The van der Waals surface area contributed by atoms with Crippen LogP contribution in [0.2, 0.25) is 10.0 Å². The predicted octanol–water partition coefficient (Wildman–Crippen LogP) is 3.05. The number of carbonyl (C=O) groups excluding carboxylic acids is 2. The van der Waals surface area contributed by atoms with Gasteiger partial charge in [-0.15, -0.1) is 0 Å². The Bertz CT molecular complexity index is 781. The van der Waals surface area contributed by atoms with Crippen LogP contribution in [0.1, 0.15) is 32.6 Å². The molecular weight excluding hydrogens is 445 g/mol. The minimum atomic E-state index is -0.807. The zero-order valence-corrected chi connectivity index (χ0v) is 19.0. The van der Waals surface area contributed by atoms with Crippen LogP contribution in [0.25, 0.3) is 0 Å². The molecule has 1 aromatic carbocycles. The molecule has 31 heavy (non-hydrogen) atoms. The van der Waals surface area contributed by atoms with E-state index in [9.17, 15) is 14.7 Å². The van der Waals surface area contributed by atoms with E-state index in [1.54, 1.807) is 23.1 Å². The number of amides is 3. The van der Waals surface area contributed by atoms with E-state index in [4.69, 9.17) is 32.7 Å². The third-order valence-electron chi connectivity index (χ3n) is 5.40. The molecule has 172 valence electrons. The Hall–Kier alpha value is -1.58. The van der Waals surface area contributed by atoms with Crippen molar-refractivity contribution in [2.75, 3.05) is 31.6 Å². The van der Waals surface area contributed by atoms with Gasteiger partial charge in [0.25, 0.3) is 0 Å². The molecule has 0 spiro atoms. The van der Waals surface area contributed by atoms with E-state index < -0.39 is 6.10 Å². The highest BCUT2D eigenvalue weighted by atomic mass is 35.5. The van der Waals surface area contributed by atoms with Gasteiger partial charge in [0.2, 0.25) is 5.91 Å². The summed E-state index contributed by atoms with van der Waals surface area (Å²) >= 11 is 12.0. The lowest BCUT2D eigenvalue weighted by Gasteiger charge is -2.44. The van der Waals surface area contributed by atoms with Crippen molar-refractivity contribution in [2.45, 2.75) is 57.0 Å². The van der Waals surface area contributed by atoms with Crippen LogP contribution in [-0.2, 0) is 14.3 Å². The van der Waals surface area contributed by atoms with Gasteiger partial charge in [0, 0.05) is 12.2 Å². The molecule has 3 amide bonds. The molecule has 2 saturated heterocycles. The zero-order chi connectivity index (χ0) is 22.4. The molecule has 0 radical (unpaired) electrons. The standard InChI is InChI=1S/C21H29Cl2N3O5/c1-2-7-24-20(28)9-15-4-6-18-19(31-15)12-30-11-14(27)10-26(18)21(29)25-13-3-5-16(22)17(23)8-13/h3,5,8,14-15,18-19,27H,2,4,6-7,9-12H2,1H3,(H,24,28)(H,25,29)/t14-,15+,18+,19-/m0/s1. The van der Waals surface area contributed by atoms with E-state index in [-0.39, 0.29) is 56.4 Å². The number of aliphatic hydroxyl groups is 1. The number of urea groups is 1. The van der Waals surface area contributed by atoms with Gasteiger partial charge in [-0.2, -0.15) is 0 Å². The normalized spacial score (nSPS) is 26.4. The molecular formula is C21H29Cl2N3O5. The number of anilines is 1. The number of nitrogens with zero attached hydrogens (tertiary/aromatic N) is 1. The number of ether oxygens (including phenoxy) is 2. The van der Waals surface area contributed by atoms with Crippen molar-refractivity contribution in [3.8, 4) is 0 Å². The van der Waals surface area contributed by atoms with Crippen molar-refractivity contribution in [1.29, 1.82) is 0 Å². The predicted molar refractivity (Wildman–Crippen MR) is 119 cm³/mol. The summed E-state index contributed by atoms with van der Waals surface area (Å²) in [7, 11) is 0. The summed E-state index contributed by atoms with van der Waals surface area (Å²) in [6.45, 7) is 3.09. The molecule has 2 aliphatic heterocycles. The Labute approximate surface area is 192 Å². The number of halogens is 2. The number of hydrogen-bond acceptors (Lipinski definition) is 5. The highest BCUT2D eigenvalue weighted by molar-refractivity contribution is 6.42. The number of benzene rings is 1. The summed E-state index contributed by atoms with van der Waals surface area (Å²) in [6.07, 6.45) is 1.01. The number of carbonyl (C=O) groups is 2. The quantitative estimate of drug-likeness (QED) is 0.609. The van der Waals surface area contributed by atoms with Crippen LogP contribution in [0, 0.1) is 0 Å². The molecule has 0 saturated carbocycles. The number of nitrogens with one attached hydrogen (secondary N) is 2. The molecule has 3 rings (SSSR count). The van der Waals surface area contributed by atoms with Gasteiger partial charge in [-0.25, -0.2) is 4.79 Å². The smallest absolute Gasteiger partial charge is 0.322 e. The summed E-state index contributed by atoms with van der Waals surface area (Å²) in [5.41, 5.74) is 0.506. The monoisotopic (exact) mass is 473 g/mol. The van der Waals surface area contributed by atoms with E-state index >= 15 is 0 Å². The second-order valence-corrected chi connectivity index (χ2v) is 8.71. The number of rotatable bonds is 5. The van der Waals surface area contributed by atoms with Crippen LogP contribution in [-0.4, -0.2) is 72.6 Å². The summed E-state index contributed by atoms with van der Waals surface area (Å²) in [4.78, 5) is 26.7. The maximum Gasteiger partial charge on any atom is 0.322 e. The second kappa shape index (κ2) is 11.3. The lowest BCUT2D eigenvalue weighted by Crippen LogP contribution is -2.58. The average molecular weight is 474 g/mol. The minimum absolute atomic E-state index is 0.0401. The van der Waals surface area contributed by atoms with Gasteiger partial charge >= 0.3 is 6.03 Å². The molecule has 10 heteroatoms. The third kappa shape index (κ3) is 6.70. The topological polar surface area (TPSA) is 100 Å². The van der Waals surface area contributed by atoms with Gasteiger partial charge in [-0.1, -0.05) is 30.1 Å². The van der Waals surface area contributed by atoms with E-state index in [0.29, 0.717) is 35.1 Å². The van der Waals surface area contributed by atoms with Crippen LogP contribution in [0.5, 0.6) is 0 Å². The Balaban J connectivity index is 1.68. The van der Waals surface area contributed by atoms with Crippen LogP contribution in [0.4, 0.5) is 10.5 Å². The van der Waals surface area contributed by atoms with Crippen molar-refractivity contribution >= 4 is 40.8 Å². The molecule has 1 aromatic rings. The van der Waals surface area contributed by atoms with Crippen molar-refractivity contribution < 1.29 is 24.2 Å². The van der Waals surface area contributed by atoms with Gasteiger partial charge in [-0.05, 0) is 37.5 Å².